The first-order chi connectivity index (χ1) is 7.68. The van der Waals surface area contributed by atoms with Gasteiger partial charge in [-0.3, -0.25) is 4.79 Å². The van der Waals surface area contributed by atoms with Crippen molar-refractivity contribution in [2.45, 2.75) is 13.0 Å². The smallest absolute Gasteiger partial charge is 0.255 e. The van der Waals surface area contributed by atoms with Crippen molar-refractivity contribution in [3.05, 3.63) is 34.9 Å². The van der Waals surface area contributed by atoms with E-state index in [2.05, 4.69) is 0 Å². The van der Waals surface area contributed by atoms with E-state index in [1.807, 2.05) is 19.1 Å². The molecule has 1 amide bonds. The lowest BCUT2D eigenvalue weighted by Gasteiger charge is -2.31. The van der Waals surface area contributed by atoms with Gasteiger partial charge >= 0.3 is 0 Å². The van der Waals surface area contributed by atoms with Gasteiger partial charge in [0.2, 0.25) is 0 Å². The zero-order chi connectivity index (χ0) is 11.5. The number of ether oxygens (including phenoxy) is 1. The minimum Gasteiger partial charge on any atom is -0.375 e. The summed E-state index contributed by atoms with van der Waals surface area (Å²) in [5.74, 6) is -0.0132. The first-order valence-corrected chi connectivity index (χ1v) is 5.71. The first kappa shape index (κ1) is 11.4. The highest BCUT2D eigenvalue weighted by atomic mass is 35.5. The predicted octanol–water partition coefficient (Wildman–Crippen LogP) is 2.20. The van der Waals surface area contributed by atoms with Crippen molar-refractivity contribution in [2.24, 2.45) is 0 Å². The van der Waals surface area contributed by atoms with Gasteiger partial charge in [0.15, 0.2) is 0 Å². The maximum Gasteiger partial charge on any atom is 0.255 e. The van der Waals surface area contributed by atoms with Gasteiger partial charge in [-0.1, -0.05) is 23.7 Å². The van der Waals surface area contributed by atoms with Gasteiger partial charge < -0.3 is 9.64 Å². The van der Waals surface area contributed by atoms with Crippen LogP contribution in [0.2, 0.25) is 5.02 Å². The first-order valence-electron chi connectivity index (χ1n) is 5.34. The molecule has 1 heterocycles. The number of carbonyl (C=O) groups is 1. The number of carbonyl (C=O) groups excluding carboxylic acids is 1. The minimum atomic E-state index is -0.0132. The van der Waals surface area contributed by atoms with Crippen LogP contribution in [-0.4, -0.2) is 36.6 Å². The molecule has 1 aliphatic rings. The molecule has 1 saturated heterocycles. The van der Waals surface area contributed by atoms with Crippen LogP contribution in [0.15, 0.2) is 24.3 Å². The predicted molar refractivity (Wildman–Crippen MR) is 62.8 cm³/mol. The number of hydrogen-bond donors (Lipinski definition) is 0. The van der Waals surface area contributed by atoms with E-state index in [1.165, 1.54) is 0 Å². The summed E-state index contributed by atoms with van der Waals surface area (Å²) in [5, 5.41) is 0.506. The van der Waals surface area contributed by atoms with Crippen LogP contribution in [0.5, 0.6) is 0 Å². The Morgan fingerprint density at radius 2 is 2.25 bits per heavy atom. The van der Waals surface area contributed by atoms with E-state index in [9.17, 15) is 4.79 Å². The Labute approximate surface area is 100.0 Å². The third kappa shape index (κ3) is 2.36. The molecule has 0 aliphatic carbocycles. The summed E-state index contributed by atoms with van der Waals surface area (Å²) in [6.45, 7) is 3.82. The number of amides is 1. The largest absolute Gasteiger partial charge is 0.375 e. The lowest BCUT2D eigenvalue weighted by atomic mass is 10.2. The second-order valence-electron chi connectivity index (χ2n) is 3.91. The Hall–Kier alpha value is -1.06. The number of benzene rings is 1. The number of nitrogens with zero attached hydrogens (tertiary/aromatic N) is 1. The van der Waals surface area contributed by atoms with Gasteiger partial charge in [-0.2, -0.15) is 0 Å². The zero-order valence-electron chi connectivity index (χ0n) is 9.15. The fraction of sp³-hybridized carbons (Fsp3) is 0.417. The quantitative estimate of drug-likeness (QED) is 0.752. The monoisotopic (exact) mass is 239 g/mol. The fourth-order valence-corrected chi connectivity index (χ4v) is 2.02. The summed E-state index contributed by atoms with van der Waals surface area (Å²) in [7, 11) is 0. The van der Waals surface area contributed by atoms with Crippen LogP contribution in [0, 0.1) is 0 Å². The number of halogens is 1. The third-order valence-corrected chi connectivity index (χ3v) is 2.96. The van der Waals surface area contributed by atoms with Gasteiger partial charge in [-0.15, -0.1) is 0 Å². The molecule has 3 nitrogen and oxygen atoms in total. The van der Waals surface area contributed by atoms with E-state index in [0.29, 0.717) is 30.3 Å². The number of morpholine rings is 1. The van der Waals surface area contributed by atoms with Crippen LogP contribution < -0.4 is 0 Å². The molecule has 1 aliphatic heterocycles. The highest BCUT2D eigenvalue weighted by Crippen LogP contribution is 2.18. The third-order valence-electron chi connectivity index (χ3n) is 2.63. The Morgan fingerprint density at radius 3 is 2.94 bits per heavy atom. The maximum atomic E-state index is 12.2. The van der Waals surface area contributed by atoms with E-state index in [0.717, 1.165) is 0 Å². The fourth-order valence-electron chi connectivity index (χ4n) is 1.81. The molecule has 1 unspecified atom stereocenters. The van der Waals surface area contributed by atoms with Crippen LogP contribution in [0.3, 0.4) is 0 Å². The van der Waals surface area contributed by atoms with Gasteiger partial charge in [0.05, 0.1) is 23.3 Å². The van der Waals surface area contributed by atoms with Crippen molar-refractivity contribution >= 4 is 17.5 Å². The molecular weight excluding hydrogens is 226 g/mol. The zero-order valence-corrected chi connectivity index (χ0v) is 9.91. The highest BCUT2D eigenvalue weighted by molar-refractivity contribution is 6.33. The SMILES string of the molecule is CC1CN(C(=O)c2ccccc2Cl)CCO1. The molecule has 1 aromatic carbocycles. The molecule has 0 bridgehead atoms. The minimum absolute atomic E-state index is 0.0132. The van der Waals surface area contributed by atoms with Crippen molar-refractivity contribution in [1.29, 1.82) is 0 Å². The van der Waals surface area contributed by atoms with Crippen LogP contribution in [0.1, 0.15) is 17.3 Å². The van der Waals surface area contributed by atoms with E-state index < -0.39 is 0 Å². The summed E-state index contributed by atoms with van der Waals surface area (Å²) in [5.41, 5.74) is 0.568. The van der Waals surface area contributed by atoms with E-state index in [1.54, 1.807) is 17.0 Å². The van der Waals surface area contributed by atoms with Crippen LogP contribution in [-0.2, 0) is 4.74 Å². The molecule has 2 rings (SSSR count). The van der Waals surface area contributed by atoms with Gasteiger partial charge in [-0.05, 0) is 19.1 Å². The van der Waals surface area contributed by atoms with E-state index in [-0.39, 0.29) is 12.0 Å². The normalized spacial score (nSPS) is 20.9. The summed E-state index contributed by atoms with van der Waals surface area (Å²) in [4.78, 5) is 13.9. The lowest BCUT2D eigenvalue weighted by Crippen LogP contribution is -2.44. The average molecular weight is 240 g/mol. The second kappa shape index (κ2) is 4.85. The van der Waals surface area contributed by atoms with Gasteiger partial charge in [0, 0.05) is 13.1 Å². The lowest BCUT2D eigenvalue weighted by molar-refractivity contribution is -0.0124. The number of hydrogen-bond acceptors (Lipinski definition) is 2. The van der Waals surface area contributed by atoms with Crippen LogP contribution >= 0.6 is 11.6 Å². The molecule has 0 spiro atoms. The summed E-state index contributed by atoms with van der Waals surface area (Å²) in [6.07, 6.45) is 0.0974. The summed E-state index contributed by atoms with van der Waals surface area (Å²) in [6, 6.07) is 7.13. The second-order valence-corrected chi connectivity index (χ2v) is 4.32. The average Bonchev–Trinajstić information content (AvgIpc) is 2.29. The molecule has 0 N–H and O–H groups in total. The maximum absolute atomic E-state index is 12.2. The number of rotatable bonds is 1. The molecule has 1 fully saturated rings. The molecule has 0 aromatic heterocycles. The molecule has 16 heavy (non-hydrogen) atoms. The van der Waals surface area contributed by atoms with Gasteiger partial charge in [0.1, 0.15) is 0 Å². The van der Waals surface area contributed by atoms with E-state index in [4.69, 9.17) is 16.3 Å². The summed E-state index contributed by atoms with van der Waals surface area (Å²) < 4.78 is 5.40. The van der Waals surface area contributed by atoms with Crippen molar-refractivity contribution < 1.29 is 9.53 Å². The van der Waals surface area contributed by atoms with Gasteiger partial charge in [-0.25, -0.2) is 0 Å². The van der Waals surface area contributed by atoms with Crippen LogP contribution in [0.4, 0.5) is 0 Å². The Kier molecular flexibility index (Phi) is 3.46. The van der Waals surface area contributed by atoms with Crippen molar-refractivity contribution in [3.63, 3.8) is 0 Å². The Balaban J connectivity index is 2.16. The summed E-state index contributed by atoms with van der Waals surface area (Å²) >= 11 is 6.00. The topological polar surface area (TPSA) is 29.5 Å². The Morgan fingerprint density at radius 1 is 1.50 bits per heavy atom. The van der Waals surface area contributed by atoms with Crippen molar-refractivity contribution in [1.82, 2.24) is 4.90 Å². The highest BCUT2D eigenvalue weighted by Gasteiger charge is 2.23. The van der Waals surface area contributed by atoms with Crippen molar-refractivity contribution in [3.8, 4) is 0 Å². The molecule has 86 valence electrons. The van der Waals surface area contributed by atoms with E-state index >= 15 is 0 Å². The molecule has 1 aromatic rings. The molecule has 1 atom stereocenters. The Bertz CT molecular complexity index is 394. The molecule has 4 heteroatoms. The van der Waals surface area contributed by atoms with Gasteiger partial charge in [0.25, 0.3) is 5.91 Å². The standard InChI is InChI=1S/C12H14ClNO2/c1-9-8-14(6-7-16-9)12(15)10-4-2-3-5-11(10)13/h2-5,9H,6-8H2,1H3. The molecule has 0 saturated carbocycles. The molecule has 0 radical (unpaired) electrons. The molecular formula is C12H14ClNO2. The van der Waals surface area contributed by atoms with Crippen LogP contribution in [0.25, 0.3) is 0 Å². The van der Waals surface area contributed by atoms with Crippen molar-refractivity contribution in [2.75, 3.05) is 19.7 Å².